The summed E-state index contributed by atoms with van der Waals surface area (Å²) in [5.41, 5.74) is 2.44. The fourth-order valence-electron chi connectivity index (χ4n) is 3.16. The van der Waals surface area contributed by atoms with Crippen molar-refractivity contribution < 1.29 is 14.3 Å². The third-order valence-electron chi connectivity index (χ3n) is 4.51. The Kier molecular flexibility index (Phi) is 5.84. The molecular formula is C20H19Cl2NO3. The monoisotopic (exact) mass is 391 g/mol. The first-order valence-corrected chi connectivity index (χ1v) is 9.26. The van der Waals surface area contributed by atoms with Gasteiger partial charge in [0.05, 0.1) is 21.7 Å². The molecule has 0 aromatic heterocycles. The molecule has 1 aliphatic rings. The van der Waals surface area contributed by atoms with E-state index in [1.807, 2.05) is 18.2 Å². The molecule has 2 aromatic rings. The van der Waals surface area contributed by atoms with Crippen molar-refractivity contribution in [2.45, 2.75) is 38.3 Å². The predicted octanol–water partition coefficient (Wildman–Crippen LogP) is 4.73. The third kappa shape index (κ3) is 4.02. The summed E-state index contributed by atoms with van der Waals surface area (Å²) in [7, 11) is 0. The van der Waals surface area contributed by atoms with E-state index in [2.05, 4.69) is 11.4 Å². The molecule has 136 valence electrons. The van der Waals surface area contributed by atoms with E-state index >= 15 is 0 Å². The first-order valence-electron chi connectivity index (χ1n) is 8.50. The van der Waals surface area contributed by atoms with Gasteiger partial charge in [-0.3, -0.25) is 4.79 Å². The molecule has 0 aliphatic heterocycles. The van der Waals surface area contributed by atoms with E-state index in [0.29, 0.717) is 0 Å². The summed E-state index contributed by atoms with van der Waals surface area (Å²) in [5.74, 6) is -1.06. The van der Waals surface area contributed by atoms with Crippen LogP contribution in [-0.4, -0.2) is 18.0 Å². The van der Waals surface area contributed by atoms with Gasteiger partial charge in [-0.25, -0.2) is 4.79 Å². The van der Waals surface area contributed by atoms with Gasteiger partial charge in [-0.15, -0.1) is 0 Å². The van der Waals surface area contributed by atoms with Crippen LogP contribution < -0.4 is 5.32 Å². The minimum absolute atomic E-state index is 0.0681. The number of hydrogen-bond acceptors (Lipinski definition) is 3. The molecule has 1 amide bonds. The topological polar surface area (TPSA) is 55.4 Å². The van der Waals surface area contributed by atoms with Gasteiger partial charge >= 0.3 is 5.97 Å². The predicted molar refractivity (Wildman–Crippen MR) is 102 cm³/mol. The van der Waals surface area contributed by atoms with Crippen molar-refractivity contribution in [2.75, 3.05) is 0 Å². The van der Waals surface area contributed by atoms with Crippen molar-refractivity contribution in [3.8, 4) is 0 Å². The van der Waals surface area contributed by atoms with Crippen LogP contribution in [-0.2, 0) is 16.0 Å². The van der Waals surface area contributed by atoms with Crippen molar-refractivity contribution >= 4 is 35.1 Å². The number of aryl methyl sites for hydroxylation is 1. The second-order valence-electron chi connectivity index (χ2n) is 6.30. The summed E-state index contributed by atoms with van der Waals surface area (Å²) in [6, 6.07) is 12.7. The van der Waals surface area contributed by atoms with E-state index in [-0.39, 0.29) is 27.6 Å². The lowest BCUT2D eigenvalue weighted by Crippen LogP contribution is -2.39. The minimum Gasteiger partial charge on any atom is -0.449 e. The average Bonchev–Trinajstić information content (AvgIpc) is 2.61. The number of esters is 1. The largest absolute Gasteiger partial charge is 0.449 e. The van der Waals surface area contributed by atoms with Crippen molar-refractivity contribution in [1.82, 2.24) is 5.32 Å². The molecular weight excluding hydrogens is 373 g/mol. The number of rotatable bonds is 4. The second kappa shape index (κ2) is 8.11. The number of ether oxygens (including phenoxy) is 1. The van der Waals surface area contributed by atoms with Gasteiger partial charge in [0.1, 0.15) is 0 Å². The van der Waals surface area contributed by atoms with Gasteiger partial charge in [-0.1, -0.05) is 53.5 Å². The molecule has 0 spiro atoms. The lowest BCUT2D eigenvalue weighted by molar-refractivity contribution is -0.130. The van der Waals surface area contributed by atoms with Crippen LogP contribution in [0.25, 0.3) is 0 Å². The van der Waals surface area contributed by atoms with Crippen LogP contribution in [0, 0.1) is 0 Å². The fourth-order valence-corrected chi connectivity index (χ4v) is 3.71. The van der Waals surface area contributed by atoms with Crippen molar-refractivity contribution in [1.29, 1.82) is 0 Å². The van der Waals surface area contributed by atoms with Gasteiger partial charge < -0.3 is 10.1 Å². The molecule has 0 saturated carbocycles. The highest BCUT2D eigenvalue weighted by Gasteiger charge is 2.26. The highest BCUT2D eigenvalue weighted by atomic mass is 35.5. The zero-order chi connectivity index (χ0) is 18.7. The summed E-state index contributed by atoms with van der Waals surface area (Å²) in [4.78, 5) is 24.8. The molecule has 4 nitrogen and oxygen atoms in total. The Balaban J connectivity index is 1.67. The number of benzene rings is 2. The third-order valence-corrected chi connectivity index (χ3v) is 5.14. The quantitative estimate of drug-likeness (QED) is 0.766. The molecule has 1 aliphatic carbocycles. The smallest absolute Gasteiger partial charge is 0.341 e. The lowest BCUT2D eigenvalue weighted by Gasteiger charge is -2.27. The molecule has 0 unspecified atom stereocenters. The molecule has 3 rings (SSSR count). The average molecular weight is 392 g/mol. The highest BCUT2D eigenvalue weighted by Crippen LogP contribution is 2.30. The molecule has 2 atom stereocenters. The van der Waals surface area contributed by atoms with Gasteiger partial charge in [0.15, 0.2) is 6.10 Å². The molecule has 26 heavy (non-hydrogen) atoms. The van der Waals surface area contributed by atoms with Crippen LogP contribution in [0.15, 0.2) is 42.5 Å². The number of hydrogen-bond donors (Lipinski definition) is 1. The highest BCUT2D eigenvalue weighted by molar-refractivity contribution is 6.39. The number of nitrogens with one attached hydrogen (secondary N) is 1. The first kappa shape index (κ1) is 18.7. The molecule has 0 heterocycles. The summed E-state index contributed by atoms with van der Waals surface area (Å²) in [6.45, 7) is 1.53. The van der Waals surface area contributed by atoms with E-state index in [9.17, 15) is 9.59 Å². The zero-order valence-electron chi connectivity index (χ0n) is 14.3. The zero-order valence-corrected chi connectivity index (χ0v) is 15.8. The van der Waals surface area contributed by atoms with Crippen molar-refractivity contribution in [2.24, 2.45) is 0 Å². The first-order chi connectivity index (χ1) is 12.5. The van der Waals surface area contributed by atoms with Crippen LogP contribution in [0.4, 0.5) is 0 Å². The van der Waals surface area contributed by atoms with Gasteiger partial charge in [-0.2, -0.15) is 0 Å². The maximum atomic E-state index is 12.5. The molecule has 0 radical (unpaired) electrons. The van der Waals surface area contributed by atoms with Crippen LogP contribution in [0.3, 0.4) is 0 Å². The van der Waals surface area contributed by atoms with E-state index in [1.165, 1.54) is 12.5 Å². The van der Waals surface area contributed by atoms with Crippen molar-refractivity contribution in [3.05, 3.63) is 69.2 Å². The summed E-state index contributed by atoms with van der Waals surface area (Å²) in [5, 5.41) is 3.36. The molecule has 6 heteroatoms. The standard InChI is InChI=1S/C20H19Cl2NO3/c1-12(26-20(25)18-15(21)9-5-10-16(18)22)19(24)23-17-11-4-7-13-6-2-3-8-14(13)17/h2-3,5-6,8-10,12,17H,4,7,11H2,1H3,(H,23,24)/t12-,17-/m1/s1. The summed E-state index contributed by atoms with van der Waals surface area (Å²) in [6.07, 6.45) is 1.92. The number of carbonyl (C=O) groups excluding carboxylic acids is 2. The minimum atomic E-state index is -0.955. The van der Waals surface area contributed by atoms with E-state index in [4.69, 9.17) is 27.9 Å². The Bertz CT molecular complexity index is 817. The van der Waals surface area contributed by atoms with Crippen molar-refractivity contribution in [3.63, 3.8) is 0 Å². The number of carbonyl (C=O) groups is 2. The normalized spacial score (nSPS) is 17.1. The van der Waals surface area contributed by atoms with Gasteiger partial charge in [-0.05, 0) is 49.4 Å². The van der Waals surface area contributed by atoms with E-state index < -0.39 is 12.1 Å². The second-order valence-corrected chi connectivity index (χ2v) is 7.11. The molecule has 1 N–H and O–H groups in total. The number of amides is 1. The molecule has 0 bridgehead atoms. The van der Waals surface area contributed by atoms with Crippen LogP contribution >= 0.6 is 23.2 Å². The van der Waals surface area contributed by atoms with Crippen LogP contribution in [0.2, 0.25) is 10.0 Å². The van der Waals surface area contributed by atoms with Gasteiger partial charge in [0, 0.05) is 0 Å². The Morgan fingerprint density at radius 2 is 1.81 bits per heavy atom. The maximum Gasteiger partial charge on any atom is 0.341 e. The Labute approximate surface area is 162 Å². The Morgan fingerprint density at radius 3 is 2.54 bits per heavy atom. The maximum absolute atomic E-state index is 12.5. The van der Waals surface area contributed by atoms with E-state index in [1.54, 1.807) is 18.2 Å². The van der Waals surface area contributed by atoms with Gasteiger partial charge in [0.25, 0.3) is 5.91 Å². The van der Waals surface area contributed by atoms with Gasteiger partial charge in [0.2, 0.25) is 0 Å². The fraction of sp³-hybridized carbons (Fsp3) is 0.300. The Morgan fingerprint density at radius 1 is 1.12 bits per heavy atom. The Hall–Kier alpha value is -2.04. The van der Waals surface area contributed by atoms with Crippen LogP contribution in [0.1, 0.15) is 47.3 Å². The van der Waals surface area contributed by atoms with E-state index in [0.717, 1.165) is 24.8 Å². The SMILES string of the molecule is C[C@@H](OC(=O)c1c(Cl)cccc1Cl)C(=O)N[C@@H]1CCCc2ccccc21. The summed E-state index contributed by atoms with van der Waals surface area (Å²) >= 11 is 12.0. The number of fused-ring (bicyclic) bond motifs is 1. The summed E-state index contributed by atoms with van der Waals surface area (Å²) < 4.78 is 5.27. The van der Waals surface area contributed by atoms with Crippen LogP contribution in [0.5, 0.6) is 0 Å². The molecule has 2 aromatic carbocycles. The lowest BCUT2D eigenvalue weighted by atomic mass is 9.87. The number of halogens is 2. The molecule has 0 saturated heterocycles. The molecule has 0 fully saturated rings.